The van der Waals surface area contributed by atoms with E-state index in [0.717, 1.165) is 18.4 Å². The van der Waals surface area contributed by atoms with Crippen molar-refractivity contribution in [3.05, 3.63) is 63.6 Å². The first-order valence-electron chi connectivity index (χ1n) is 10.7. The summed E-state index contributed by atoms with van der Waals surface area (Å²) >= 11 is 12.6. The Bertz CT molecular complexity index is 1180. The van der Waals surface area contributed by atoms with Gasteiger partial charge in [0.15, 0.2) is 11.6 Å². The summed E-state index contributed by atoms with van der Waals surface area (Å²) in [6, 6.07) is 6.06. The fraction of sp³-hybridized carbons (Fsp3) is 0.391. The Morgan fingerprint density at radius 2 is 1.66 bits per heavy atom. The lowest BCUT2D eigenvalue weighted by Crippen LogP contribution is -2.53. The van der Waals surface area contributed by atoms with E-state index >= 15 is 0 Å². The summed E-state index contributed by atoms with van der Waals surface area (Å²) in [7, 11) is -4.09. The molecule has 7 nitrogen and oxygen atoms in total. The van der Waals surface area contributed by atoms with Gasteiger partial charge in [0.1, 0.15) is 12.6 Å². The van der Waals surface area contributed by atoms with Crippen LogP contribution in [-0.2, 0) is 26.2 Å². The molecule has 0 bridgehead atoms. The highest BCUT2D eigenvalue weighted by Gasteiger charge is 2.33. The first-order chi connectivity index (χ1) is 16.3. The van der Waals surface area contributed by atoms with Gasteiger partial charge in [0.25, 0.3) is 0 Å². The second kappa shape index (κ2) is 12.0. The molecule has 2 aromatic carbocycles. The van der Waals surface area contributed by atoms with Gasteiger partial charge in [0, 0.05) is 34.3 Å². The summed E-state index contributed by atoms with van der Waals surface area (Å²) in [6.07, 6.45) is 1.04. The lowest BCUT2D eigenvalue weighted by molar-refractivity contribution is -0.140. The van der Waals surface area contributed by atoms with Gasteiger partial charge in [-0.05, 0) is 44.5 Å². The smallest absolute Gasteiger partial charge is 0.244 e. The van der Waals surface area contributed by atoms with E-state index in [1.807, 2.05) is 0 Å². The third kappa shape index (κ3) is 7.52. The van der Waals surface area contributed by atoms with E-state index in [1.165, 1.54) is 4.90 Å². The van der Waals surface area contributed by atoms with Crippen LogP contribution in [0.15, 0.2) is 36.4 Å². The Labute approximate surface area is 214 Å². The van der Waals surface area contributed by atoms with Crippen LogP contribution in [0.3, 0.4) is 0 Å². The van der Waals surface area contributed by atoms with Crippen molar-refractivity contribution in [1.82, 2.24) is 10.2 Å². The van der Waals surface area contributed by atoms with Gasteiger partial charge in [-0.25, -0.2) is 17.2 Å². The highest BCUT2D eigenvalue weighted by Crippen LogP contribution is 2.28. The topological polar surface area (TPSA) is 86.8 Å². The third-order valence-corrected chi connectivity index (χ3v) is 6.93. The van der Waals surface area contributed by atoms with Gasteiger partial charge < -0.3 is 10.2 Å². The zero-order valence-electron chi connectivity index (χ0n) is 19.7. The van der Waals surface area contributed by atoms with Crippen molar-refractivity contribution < 1.29 is 26.8 Å². The van der Waals surface area contributed by atoms with E-state index in [2.05, 4.69) is 5.32 Å². The van der Waals surface area contributed by atoms with Crippen LogP contribution in [0.2, 0.25) is 10.0 Å². The normalized spacial score (nSPS) is 12.4. The average molecular weight is 550 g/mol. The van der Waals surface area contributed by atoms with E-state index in [4.69, 9.17) is 23.2 Å². The Hall–Kier alpha value is -2.43. The number of carbonyl (C=O) groups excluding carboxylic acids is 2. The minimum absolute atomic E-state index is 0.184. The maximum Gasteiger partial charge on any atom is 0.244 e. The number of halogens is 4. The molecule has 1 atom stereocenters. The van der Waals surface area contributed by atoms with Gasteiger partial charge in [-0.2, -0.15) is 0 Å². The van der Waals surface area contributed by atoms with E-state index in [9.17, 15) is 26.8 Å². The van der Waals surface area contributed by atoms with Crippen molar-refractivity contribution in [2.75, 3.05) is 17.1 Å². The number of hydrogen-bond donors (Lipinski definition) is 1. The van der Waals surface area contributed by atoms with E-state index in [0.29, 0.717) is 15.9 Å². The Balaban J connectivity index is 2.52. The molecular formula is C23H27Cl2F2N3O4S. The lowest BCUT2D eigenvalue weighted by Gasteiger charge is -2.33. The number of nitrogens with one attached hydrogen (secondary N) is 1. The molecule has 2 rings (SSSR count). The second-order valence-corrected chi connectivity index (χ2v) is 10.9. The van der Waals surface area contributed by atoms with Crippen LogP contribution >= 0.6 is 23.2 Å². The molecule has 1 N–H and O–H groups in total. The average Bonchev–Trinajstić information content (AvgIpc) is 2.74. The van der Waals surface area contributed by atoms with E-state index in [1.54, 1.807) is 39.0 Å². The number of benzene rings is 2. The molecule has 0 aliphatic heterocycles. The van der Waals surface area contributed by atoms with Gasteiger partial charge in [0.2, 0.25) is 21.8 Å². The molecule has 0 unspecified atom stereocenters. The SMILES string of the molecule is CC[C@H](C(=O)NC(C)C)N(Cc1c(Cl)cccc1Cl)C(=O)CN(c1ccc(F)c(F)c1)S(C)(=O)=O. The van der Waals surface area contributed by atoms with Gasteiger partial charge in [-0.15, -0.1) is 0 Å². The largest absolute Gasteiger partial charge is 0.352 e. The maximum atomic E-state index is 13.8. The molecule has 35 heavy (non-hydrogen) atoms. The second-order valence-electron chi connectivity index (χ2n) is 8.18. The Morgan fingerprint density at radius 3 is 2.14 bits per heavy atom. The third-order valence-electron chi connectivity index (χ3n) is 5.08. The summed E-state index contributed by atoms with van der Waals surface area (Å²) in [6.45, 7) is 4.27. The van der Waals surface area contributed by atoms with Crippen molar-refractivity contribution in [1.29, 1.82) is 0 Å². The molecule has 12 heteroatoms. The minimum atomic E-state index is -4.09. The Kier molecular flexibility index (Phi) is 9.88. The van der Waals surface area contributed by atoms with Crippen molar-refractivity contribution >= 4 is 50.7 Å². The van der Waals surface area contributed by atoms with Crippen molar-refractivity contribution in [3.63, 3.8) is 0 Å². The van der Waals surface area contributed by atoms with Crippen LogP contribution in [-0.4, -0.2) is 50.0 Å². The molecule has 192 valence electrons. The molecule has 0 aliphatic carbocycles. The number of rotatable bonds is 10. The van der Waals surface area contributed by atoms with Crippen LogP contribution in [0, 0.1) is 11.6 Å². The number of nitrogens with zero attached hydrogens (tertiary/aromatic N) is 2. The van der Waals surface area contributed by atoms with Gasteiger partial charge >= 0.3 is 0 Å². The first kappa shape index (κ1) is 28.8. The molecule has 0 heterocycles. The number of anilines is 1. The molecular weight excluding hydrogens is 523 g/mol. The first-order valence-corrected chi connectivity index (χ1v) is 13.3. The molecule has 0 saturated carbocycles. The summed E-state index contributed by atoms with van der Waals surface area (Å²) in [4.78, 5) is 27.6. The number of amides is 2. The monoisotopic (exact) mass is 549 g/mol. The van der Waals surface area contributed by atoms with Crippen LogP contribution < -0.4 is 9.62 Å². The highest BCUT2D eigenvalue weighted by atomic mass is 35.5. The highest BCUT2D eigenvalue weighted by molar-refractivity contribution is 7.92. The summed E-state index contributed by atoms with van der Waals surface area (Å²) in [5, 5.41) is 3.27. The molecule has 0 aliphatic rings. The minimum Gasteiger partial charge on any atom is -0.352 e. The molecule has 2 amide bonds. The fourth-order valence-corrected chi connectivity index (χ4v) is 4.77. The van der Waals surface area contributed by atoms with Crippen LogP contribution in [0.1, 0.15) is 32.8 Å². The fourth-order valence-electron chi connectivity index (χ4n) is 3.41. The van der Waals surface area contributed by atoms with Gasteiger partial charge in [-0.3, -0.25) is 13.9 Å². The molecule has 0 spiro atoms. The van der Waals surface area contributed by atoms with E-state index in [-0.39, 0.29) is 34.7 Å². The number of hydrogen-bond acceptors (Lipinski definition) is 4. The standard InChI is InChI=1S/C23H27Cl2F2N3O4S/c1-5-21(23(32)28-14(2)3)29(12-16-17(24)7-6-8-18(16)25)22(31)13-30(35(4,33)34)15-9-10-19(26)20(27)11-15/h6-11,14,21H,5,12-13H2,1-4H3,(H,28,32)/t21-/m1/s1. The predicted molar refractivity (Wildman–Crippen MR) is 133 cm³/mol. The van der Waals surface area contributed by atoms with Crippen molar-refractivity contribution in [2.24, 2.45) is 0 Å². The molecule has 0 aromatic heterocycles. The predicted octanol–water partition coefficient (Wildman–Crippen LogP) is 4.37. The maximum absolute atomic E-state index is 13.8. The van der Waals surface area contributed by atoms with Crippen molar-refractivity contribution in [3.8, 4) is 0 Å². The molecule has 0 fully saturated rings. The summed E-state index contributed by atoms with van der Waals surface area (Å²) < 4.78 is 52.9. The lowest BCUT2D eigenvalue weighted by atomic mass is 10.1. The van der Waals surface area contributed by atoms with Crippen molar-refractivity contribution in [2.45, 2.75) is 45.8 Å². The zero-order valence-corrected chi connectivity index (χ0v) is 22.0. The number of sulfonamides is 1. The summed E-state index contributed by atoms with van der Waals surface area (Å²) in [5.74, 6) is -3.65. The Morgan fingerprint density at radius 1 is 1.06 bits per heavy atom. The van der Waals surface area contributed by atoms with Crippen LogP contribution in [0.5, 0.6) is 0 Å². The van der Waals surface area contributed by atoms with E-state index < -0.39 is 46.1 Å². The van der Waals surface area contributed by atoms with Crippen LogP contribution in [0.25, 0.3) is 0 Å². The van der Waals surface area contributed by atoms with Gasteiger partial charge in [0.05, 0.1) is 11.9 Å². The van der Waals surface area contributed by atoms with Crippen LogP contribution in [0.4, 0.5) is 14.5 Å². The molecule has 0 saturated heterocycles. The molecule has 2 aromatic rings. The number of carbonyl (C=O) groups is 2. The zero-order chi connectivity index (χ0) is 26.5. The van der Waals surface area contributed by atoms with Gasteiger partial charge in [-0.1, -0.05) is 36.2 Å². The summed E-state index contributed by atoms with van der Waals surface area (Å²) in [5.41, 5.74) is 0.133. The molecule has 0 radical (unpaired) electrons. The quantitative estimate of drug-likeness (QED) is 0.476.